The molecule has 0 aromatic heterocycles. The van der Waals surface area contributed by atoms with Gasteiger partial charge in [-0.2, -0.15) is 0 Å². The lowest BCUT2D eigenvalue weighted by molar-refractivity contribution is -0.140. The van der Waals surface area contributed by atoms with E-state index >= 15 is 0 Å². The molecule has 2 aromatic carbocycles. The number of Topliss-reactive ketones (excluding diaryl/α,β-unsaturated/α-hetero) is 1. The molecular weight excluding hydrogens is 393 g/mol. The normalized spacial score (nSPS) is 10.4. The topological polar surface area (TPSA) is 72.5 Å². The first-order chi connectivity index (χ1) is 13.8. The van der Waals surface area contributed by atoms with E-state index in [0.717, 1.165) is 23.4 Å². The Morgan fingerprint density at radius 1 is 1.10 bits per heavy atom. The fourth-order valence-electron chi connectivity index (χ4n) is 2.47. The van der Waals surface area contributed by atoms with Gasteiger partial charge in [0, 0.05) is 16.9 Å². The molecule has 0 aliphatic heterocycles. The van der Waals surface area contributed by atoms with Gasteiger partial charge in [-0.3, -0.25) is 14.4 Å². The van der Waals surface area contributed by atoms with Crippen LogP contribution < -0.4 is 5.32 Å². The molecule has 5 nitrogen and oxygen atoms in total. The number of ether oxygens (including phenoxy) is 1. The highest BCUT2D eigenvalue weighted by Gasteiger charge is 2.10. The van der Waals surface area contributed by atoms with Crippen molar-refractivity contribution >= 4 is 29.4 Å². The van der Waals surface area contributed by atoms with Crippen LogP contribution in [0.1, 0.15) is 34.8 Å². The molecule has 0 atom stereocenters. The van der Waals surface area contributed by atoms with E-state index < -0.39 is 11.8 Å². The molecule has 0 saturated carbocycles. The molecule has 0 aliphatic rings. The minimum atomic E-state index is -0.545. The van der Waals surface area contributed by atoms with Crippen molar-refractivity contribution in [1.29, 1.82) is 0 Å². The third-order valence-corrected chi connectivity index (χ3v) is 5.15. The minimum Gasteiger partial charge on any atom is -0.463 e. The molecular formula is C22H24FNO4S. The van der Waals surface area contributed by atoms with Gasteiger partial charge < -0.3 is 10.1 Å². The third-order valence-electron chi connectivity index (χ3n) is 4.13. The Morgan fingerprint density at radius 3 is 2.48 bits per heavy atom. The van der Waals surface area contributed by atoms with Crippen molar-refractivity contribution < 1.29 is 23.5 Å². The molecule has 7 heteroatoms. The average molecular weight is 418 g/mol. The predicted octanol–water partition coefficient (Wildman–Crippen LogP) is 3.72. The number of hydrogen-bond acceptors (Lipinski definition) is 5. The number of halogens is 1. The van der Waals surface area contributed by atoms with Crippen molar-refractivity contribution in [2.24, 2.45) is 0 Å². The second-order valence-corrected chi connectivity index (χ2v) is 7.56. The molecule has 0 fully saturated rings. The summed E-state index contributed by atoms with van der Waals surface area (Å²) in [7, 11) is 0. The van der Waals surface area contributed by atoms with Gasteiger partial charge in [-0.15, -0.1) is 11.8 Å². The molecule has 1 N–H and O–H groups in total. The number of amides is 1. The molecule has 0 unspecified atom stereocenters. The summed E-state index contributed by atoms with van der Waals surface area (Å²) < 4.78 is 18.9. The number of ketones is 1. The van der Waals surface area contributed by atoms with Crippen molar-refractivity contribution in [2.45, 2.75) is 31.6 Å². The van der Waals surface area contributed by atoms with Crippen LogP contribution in [-0.4, -0.2) is 36.6 Å². The van der Waals surface area contributed by atoms with E-state index in [0.29, 0.717) is 12.8 Å². The monoisotopic (exact) mass is 417 g/mol. The van der Waals surface area contributed by atoms with Crippen LogP contribution in [0.25, 0.3) is 0 Å². The van der Waals surface area contributed by atoms with Crippen molar-refractivity contribution in [3.63, 3.8) is 0 Å². The van der Waals surface area contributed by atoms with Gasteiger partial charge in [0.1, 0.15) is 12.4 Å². The molecule has 0 radical (unpaired) electrons. The molecule has 0 saturated heterocycles. The quantitative estimate of drug-likeness (QED) is 0.276. The predicted molar refractivity (Wildman–Crippen MR) is 111 cm³/mol. The first-order valence-corrected chi connectivity index (χ1v) is 10.2. The maximum atomic E-state index is 13.9. The first kappa shape index (κ1) is 22.6. The lowest BCUT2D eigenvalue weighted by atomic mass is 10.1. The number of thioether (sulfide) groups is 1. The van der Waals surface area contributed by atoms with Gasteiger partial charge in [0.25, 0.3) is 0 Å². The van der Waals surface area contributed by atoms with E-state index in [2.05, 4.69) is 5.32 Å². The van der Waals surface area contributed by atoms with E-state index in [1.54, 1.807) is 0 Å². The highest BCUT2D eigenvalue weighted by molar-refractivity contribution is 8.00. The van der Waals surface area contributed by atoms with Crippen LogP contribution in [0, 0.1) is 12.7 Å². The van der Waals surface area contributed by atoms with E-state index in [1.165, 1.54) is 24.6 Å². The average Bonchev–Trinajstić information content (AvgIpc) is 2.69. The summed E-state index contributed by atoms with van der Waals surface area (Å²) in [5.41, 5.74) is 2.55. The van der Waals surface area contributed by atoms with Gasteiger partial charge >= 0.3 is 5.97 Å². The molecule has 0 bridgehead atoms. The van der Waals surface area contributed by atoms with Crippen molar-refractivity contribution in [1.82, 2.24) is 5.32 Å². The maximum Gasteiger partial charge on any atom is 0.316 e. The summed E-state index contributed by atoms with van der Waals surface area (Å²) in [6, 6.07) is 12.2. The van der Waals surface area contributed by atoms with Gasteiger partial charge in [-0.25, -0.2) is 4.39 Å². The van der Waals surface area contributed by atoms with Crippen LogP contribution >= 0.6 is 11.8 Å². The fourth-order valence-corrected chi connectivity index (χ4v) is 3.19. The Balaban J connectivity index is 1.61. The Labute approximate surface area is 174 Å². The molecule has 0 aliphatic carbocycles. The zero-order valence-corrected chi connectivity index (χ0v) is 17.3. The van der Waals surface area contributed by atoms with Crippen LogP contribution in [-0.2, 0) is 20.7 Å². The Morgan fingerprint density at radius 2 is 1.83 bits per heavy atom. The molecule has 29 heavy (non-hydrogen) atoms. The number of carbonyl (C=O) groups is 3. The van der Waals surface area contributed by atoms with Crippen LogP contribution in [0.4, 0.5) is 4.39 Å². The smallest absolute Gasteiger partial charge is 0.316 e. The Hall–Kier alpha value is -2.67. The Bertz CT molecular complexity index is 868. The second kappa shape index (κ2) is 11.4. The summed E-state index contributed by atoms with van der Waals surface area (Å²) in [5, 5.41) is 2.70. The van der Waals surface area contributed by atoms with Crippen LogP contribution in [0.5, 0.6) is 0 Å². The zero-order chi connectivity index (χ0) is 21.2. The first-order valence-electron chi connectivity index (χ1n) is 9.26. The van der Waals surface area contributed by atoms with E-state index in [9.17, 15) is 18.8 Å². The standard InChI is InChI=1S/C22H24FNO4S/c1-15-3-5-17(6-4-15)7-10-21(26)24-11-12-28-22(27)14-29-20-9-8-18(16(2)25)13-19(20)23/h3-6,8-9,13H,7,10-12,14H2,1-2H3,(H,24,26). The maximum absolute atomic E-state index is 13.9. The van der Waals surface area contributed by atoms with Crippen LogP contribution in [0.15, 0.2) is 47.4 Å². The molecule has 2 rings (SSSR count). The largest absolute Gasteiger partial charge is 0.463 e. The SMILES string of the molecule is CC(=O)c1ccc(SCC(=O)OCCNC(=O)CCc2ccc(C)cc2)c(F)c1. The van der Waals surface area contributed by atoms with Crippen molar-refractivity contribution in [3.8, 4) is 0 Å². The highest BCUT2D eigenvalue weighted by atomic mass is 32.2. The van der Waals surface area contributed by atoms with Gasteiger partial charge in [0.15, 0.2) is 5.78 Å². The molecule has 0 heterocycles. The summed E-state index contributed by atoms with van der Waals surface area (Å²) in [5.74, 6) is -1.43. The third kappa shape index (κ3) is 8.07. The Kier molecular flexibility index (Phi) is 8.86. The fraction of sp³-hybridized carbons (Fsp3) is 0.318. The van der Waals surface area contributed by atoms with E-state index in [-0.39, 0.29) is 41.1 Å². The number of rotatable bonds is 10. The summed E-state index contributed by atoms with van der Waals surface area (Å²) >= 11 is 0.998. The van der Waals surface area contributed by atoms with Crippen LogP contribution in [0.2, 0.25) is 0 Å². The van der Waals surface area contributed by atoms with Gasteiger partial charge in [0.2, 0.25) is 5.91 Å². The van der Waals surface area contributed by atoms with Crippen molar-refractivity contribution in [2.75, 3.05) is 18.9 Å². The van der Waals surface area contributed by atoms with E-state index in [4.69, 9.17) is 4.74 Å². The number of benzene rings is 2. The lowest BCUT2D eigenvalue weighted by Gasteiger charge is -2.08. The number of esters is 1. The molecule has 1 amide bonds. The second-order valence-electron chi connectivity index (χ2n) is 6.55. The van der Waals surface area contributed by atoms with Crippen molar-refractivity contribution in [3.05, 3.63) is 65.0 Å². The van der Waals surface area contributed by atoms with Gasteiger partial charge in [0.05, 0.1) is 12.3 Å². The van der Waals surface area contributed by atoms with E-state index in [1.807, 2.05) is 31.2 Å². The molecule has 2 aromatic rings. The lowest BCUT2D eigenvalue weighted by Crippen LogP contribution is -2.28. The number of aryl methyl sites for hydroxylation is 2. The number of hydrogen-bond donors (Lipinski definition) is 1. The summed E-state index contributed by atoms with van der Waals surface area (Å²) in [6.45, 7) is 3.66. The number of nitrogens with one attached hydrogen (secondary N) is 1. The molecule has 154 valence electrons. The minimum absolute atomic E-state index is 0.0570. The van der Waals surface area contributed by atoms with Gasteiger partial charge in [-0.05, 0) is 38.0 Å². The molecule has 0 spiro atoms. The van der Waals surface area contributed by atoms with Gasteiger partial charge in [-0.1, -0.05) is 35.9 Å². The number of carbonyl (C=O) groups excluding carboxylic acids is 3. The zero-order valence-electron chi connectivity index (χ0n) is 16.5. The highest BCUT2D eigenvalue weighted by Crippen LogP contribution is 2.23. The summed E-state index contributed by atoms with van der Waals surface area (Å²) in [6.07, 6.45) is 1.01. The summed E-state index contributed by atoms with van der Waals surface area (Å²) in [4.78, 5) is 35.1. The van der Waals surface area contributed by atoms with Crippen LogP contribution in [0.3, 0.4) is 0 Å².